The van der Waals surface area contributed by atoms with Gasteiger partial charge < -0.3 is 5.11 Å². The Bertz CT molecular complexity index is 628. The Balaban J connectivity index is 2.57. The van der Waals surface area contributed by atoms with E-state index in [9.17, 15) is 9.18 Å². The summed E-state index contributed by atoms with van der Waals surface area (Å²) in [6, 6.07) is 9.32. The Kier molecular flexibility index (Phi) is 2.90. The maximum absolute atomic E-state index is 13.9. The summed E-state index contributed by atoms with van der Waals surface area (Å²) in [6.07, 6.45) is 0. The van der Waals surface area contributed by atoms with Gasteiger partial charge >= 0.3 is 5.97 Å². The molecule has 3 nitrogen and oxygen atoms in total. The highest BCUT2D eigenvalue weighted by molar-refractivity contribution is 7.16. The van der Waals surface area contributed by atoms with E-state index >= 15 is 0 Å². The zero-order valence-electron chi connectivity index (χ0n) is 8.48. The summed E-state index contributed by atoms with van der Waals surface area (Å²) in [5.41, 5.74) is -0.161. The molecule has 0 fully saturated rings. The molecule has 84 valence electrons. The molecule has 0 spiro atoms. The van der Waals surface area contributed by atoms with Crippen LogP contribution in [0.2, 0.25) is 0 Å². The molecule has 0 radical (unpaired) electrons. The van der Waals surface area contributed by atoms with Gasteiger partial charge in [0.15, 0.2) is 0 Å². The Morgan fingerprint density at radius 3 is 2.71 bits per heavy atom. The van der Waals surface area contributed by atoms with Crippen molar-refractivity contribution in [2.45, 2.75) is 0 Å². The molecule has 1 N–H and O–H groups in total. The summed E-state index contributed by atoms with van der Waals surface area (Å²) in [6.45, 7) is 0. The molecule has 0 saturated heterocycles. The van der Waals surface area contributed by atoms with E-state index in [0.717, 1.165) is 11.3 Å². The smallest absolute Gasteiger partial charge is 0.338 e. The minimum Gasteiger partial charge on any atom is -0.478 e. The molecule has 1 aromatic carbocycles. The first-order chi connectivity index (χ1) is 8.13. The maximum atomic E-state index is 13.9. The van der Waals surface area contributed by atoms with Crippen LogP contribution < -0.4 is 0 Å². The maximum Gasteiger partial charge on any atom is 0.338 e. The van der Waals surface area contributed by atoms with Crippen molar-refractivity contribution in [1.82, 2.24) is 0 Å². The molecule has 0 aliphatic heterocycles. The fraction of sp³-hybridized carbons (Fsp3) is 0. The molecule has 0 atom stereocenters. The highest BCUT2D eigenvalue weighted by Gasteiger charge is 2.15. The number of nitriles is 1. The summed E-state index contributed by atoms with van der Waals surface area (Å²) in [5.74, 6) is -2.08. The van der Waals surface area contributed by atoms with E-state index in [1.807, 2.05) is 6.07 Å². The van der Waals surface area contributed by atoms with Crippen molar-refractivity contribution in [3.05, 3.63) is 46.6 Å². The fourth-order valence-corrected chi connectivity index (χ4v) is 2.25. The number of carboxylic acid groups (broad SMARTS) is 1. The van der Waals surface area contributed by atoms with Crippen molar-refractivity contribution < 1.29 is 14.3 Å². The van der Waals surface area contributed by atoms with Crippen molar-refractivity contribution in [2.24, 2.45) is 0 Å². The van der Waals surface area contributed by atoms with Crippen LogP contribution in [0.5, 0.6) is 0 Å². The number of hydrogen-bond acceptors (Lipinski definition) is 3. The molecule has 1 heterocycles. The minimum atomic E-state index is -1.30. The zero-order chi connectivity index (χ0) is 12.4. The van der Waals surface area contributed by atoms with Gasteiger partial charge in [0.1, 0.15) is 16.8 Å². The Hall–Kier alpha value is -2.19. The fourth-order valence-electron chi connectivity index (χ4n) is 1.43. The van der Waals surface area contributed by atoms with Gasteiger partial charge in [-0.3, -0.25) is 0 Å². The van der Waals surface area contributed by atoms with Gasteiger partial charge in [0.05, 0.1) is 5.56 Å². The monoisotopic (exact) mass is 247 g/mol. The molecule has 1 aromatic heterocycles. The number of halogens is 1. The van der Waals surface area contributed by atoms with Gasteiger partial charge in [-0.05, 0) is 18.2 Å². The molecule has 0 aliphatic carbocycles. The van der Waals surface area contributed by atoms with Crippen molar-refractivity contribution in [1.29, 1.82) is 5.26 Å². The van der Waals surface area contributed by atoms with Crippen molar-refractivity contribution in [3.63, 3.8) is 0 Å². The van der Waals surface area contributed by atoms with Crippen LogP contribution in [0.15, 0.2) is 30.3 Å². The summed E-state index contributed by atoms with van der Waals surface area (Å²) < 4.78 is 13.9. The van der Waals surface area contributed by atoms with Crippen molar-refractivity contribution in [2.75, 3.05) is 0 Å². The second-order valence-electron chi connectivity index (χ2n) is 3.25. The predicted octanol–water partition coefficient (Wildman–Crippen LogP) is 3.12. The zero-order valence-corrected chi connectivity index (χ0v) is 9.29. The van der Waals surface area contributed by atoms with Gasteiger partial charge in [0.25, 0.3) is 0 Å². The van der Waals surface area contributed by atoms with E-state index in [1.165, 1.54) is 18.2 Å². The number of rotatable bonds is 2. The molecule has 17 heavy (non-hydrogen) atoms. The van der Waals surface area contributed by atoms with Crippen LogP contribution in [0.25, 0.3) is 10.4 Å². The van der Waals surface area contributed by atoms with Crippen LogP contribution in [-0.4, -0.2) is 11.1 Å². The first kappa shape index (κ1) is 11.3. The standard InChI is InChI=1S/C12H6FNO2S/c13-11-8(2-1-3-9(11)12(15)16)10-5-4-7(6-14)17-10/h1-5H,(H,15,16). The van der Waals surface area contributed by atoms with Crippen LogP contribution in [-0.2, 0) is 0 Å². The molecule has 5 heteroatoms. The molecule has 0 amide bonds. The number of benzene rings is 1. The topological polar surface area (TPSA) is 61.1 Å². The quantitative estimate of drug-likeness (QED) is 0.886. The summed E-state index contributed by atoms with van der Waals surface area (Å²) in [5, 5.41) is 17.5. The summed E-state index contributed by atoms with van der Waals surface area (Å²) in [4.78, 5) is 11.8. The van der Waals surface area contributed by atoms with Gasteiger partial charge in [-0.1, -0.05) is 12.1 Å². The van der Waals surface area contributed by atoms with E-state index in [0.29, 0.717) is 9.75 Å². The van der Waals surface area contributed by atoms with Gasteiger partial charge in [-0.15, -0.1) is 11.3 Å². The van der Waals surface area contributed by atoms with Crippen LogP contribution >= 0.6 is 11.3 Å². The lowest BCUT2D eigenvalue weighted by Gasteiger charge is -2.02. The number of nitrogens with zero attached hydrogens (tertiary/aromatic N) is 1. The lowest BCUT2D eigenvalue weighted by Crippen LogP contribution is -2.01. The van der Waals surface area contributed by atoms with Gasteiger partial charge in [-0.2, -0.15) is 5.26 Å². The molecular formula is C12H6FNO2S. The number of aromatic carboxylic acids is 1. The lowest BCUT2D eigenvalue weighted by atomic mass is 10.1. The van der Waals surface area contributed by atoms with E-state index in [4.69, 9.17) is 10.4 Å². The highest BCUT2D eigenvalue weighted by Crippen LogP contribution is 2.31. The summed E-state index contributed by atoms with van der Waals surface area (Å²) in [7, 11) is 0. The van der Waals surface area contributed by atoms with Crippen molar-refractivity contribution >= 4 is 17.3 Å². The van der Waals surface area contributed by atoms with Crippen LogP contribution in [0, 0.1) is 17.1 Å². The molecule has 2 rings (SSSR count). The predicted molar refractivity (Wildman–Crippen MR) is 61.4 cm³/mol. The largest absolute Gasteiger partial charge is 0.478 e. The van der Waals surface area contributed by atoms with E-state index in [2.05, 4.69) is 0 Å². The molecule has 0 bridgehead atoms. The van der Waals surface area contributed by atoms with E-state index < -0.39 is 11.8 Å². The number of carboxylic acids is 1. The number of hydrogen-bond donors (Lipinski definition) is 1. The van der Waals surface area contributed by atoms with Gasteiger partial charge in [-0.25, -0.2) is 9.18 Å². The van der Waals surface area contributed by atoms with E-state index in [1.54, 1.807) is 12.1 Å². The third-order valence-corrected chi connectivity index (χ3v) is 3.23. The van der Waals surface area contributed by atoms with Crippen molar-refractivity contribution in [3.8, 4) is 16.5 Å². The third kappa shape index (κ3) is 2.03. The second kappa shape index (κ2) is 4.36. The normalized spacial score (nSPS) is 9.88. The molecular weight excluding hydrogens is 241 g/mol. The first-order valence-electron chi connectivity index (χ1n) is 4.65. The third-order valence-electron chi connectivity index (χ3n) is 2.21. The van der Waals surface area contributed by atoms with Crippen LogP contribution in [0.1, 0.15) is 15.2 Å². The van der Waals surface area contributed by atoms with Gasteiger partial charge in [0.2, 0.25) is 0 Å². The minimum absolute atomic E-state index is 0.205. The molecule has 0 aliphatic rings. The lowest BCUT2D eigenvalue weighted by molar-refractivity contribution is 0.0692. The molecule has 0 unspecified atom stereocenters. The Morgan fingerprint density at radius 2 is 2.12 bits per heavy atom. The molecule has 2 aromatic rings. The van der Waals surface area contributed by atoms with Crippen LogP contribution in [0.4, 0.5) is 4.39 Å². The number of carbonyl (C=O) groups is 1. The first-order valence-corrected chi connectivity index (χ1v) is 5.47. The Labute approximate surface area is 100 Å². The average Bonchev–Trinajstić information content (AvgIpc) is 2.77. The van der Waals surface area contributed by atoms with Crippen LogP contribution in [0.3, 0.4) is 0 Å². The van der Waals surface area contributed by atoms with Gasteiger partial charge in [0, 0.05) is 10.4 Å². The number of thiophene rings is 1. The Morgan fingerprint density at radius 1 is 1.35 bits per heavy atom. The van der Waals surface area contributed by atoms with E-state index in [-0.39, 0.29) is 11.1 Å². The average molecular weight is 247 g/mol. The summed E-state index contributed by atoms with van der Waals surface area (Å²) >= 11 is 1.13. The SMILES string of the molecule is N#Cc1ccc(-c2cccc(C(=O)O)c2F)s1. The highest BCUT2D eigenvalue weighted by atomic mass is 32.1. The second-order valence-corrected chi connectivity index (χ2v) is 4.33. The molecule has 0 saturated carbocycles.